The van der Waals surface area contributed by atoms with Gasteiger partial charge in [0.2, 0.25) is 0 Å². The molecule has 0 aliphatic carbocycles. The lowest BCUT2D eigenvalue weighted by Crippen LogP contribution is -2.44. The molecule has 0 bridgehead atoms. The number of carboxylic acid groups (broad SMARTS) is 1. The number of pyridine rings is 1. The second-order valence-corrected chi connectivity index (χ2v) is 9.19. The van der Waals surface area contributed by atoms with Crippen LogP contribution in [0.25, 0.3) is 22.4 Å². The number of hydrogen-bond donors (Lipinski definition) is 3. The van der Waals surface area contributed by atoms with Gasteiger partial charge in [-0.25, -0.2) is 4.98 Å². The zero-order valence-corrected chi connectivity index (χ0v) is 19.8. The van der Waals surface area contributed by atoms with Crippen LogP contribution in [0.3, 0.4) is 0 Å². The summed E-state index contributed by atoms with van der Waals surface area (Å²) >= 11 is 0. The number of imidazole rings is 1. The minimum absolute atomic E-state index is 0.0321. The van der Waals surface area contributed by atoms with Crippen molar-refractivity contribution >= 4 is 17.0 Å². The van der Waals surface area contributed by atoms with Crippen molar-refractivity contribution in [2.24, 2.45) is 13.0 Å². The van der Waals surface area contributed by atoms with Crippen molar-refractivity contribution in [3.63, 3.8) is 0 Å². The number of hydrogen-bond acceptors (Lipinski definition) is 6. The number of ether oxygens (including phenoxy) is 1. The molecule has 182 valence electrons. The molecule has 1 aromatic carbocycles. The number of carboxylic acids is 1. The lowest BCUT2D eigenvalue weighted by atomic mass is 10.00. The van der Waals surface area contributed by atoms with Crippen LogP contribution in [0.2, 0.25) is 0 Å². The van der Waals surface area contributed by atoms with E-state index < -0.39 is 18.1 Å². The minimum atomic E-state index is -1.09. The number of rotatable bonds is 8. The molecule has 0 saturated carbocycles. The summed E-state index contributed by atoms with van der Waals surface area (Å²) in [5, 5.41) is 22.0. The Kier molecular flexibility index (Phi) is 7.16. The number of aliphatic hydroxyl groups is 1. The third-order valence-electron chi connectivity index (χ3n) is 6.49. The number of benzene rings is 1. The van der Waals surface area contributed by atoms with Crippen molar-refractivity contribution in [1.29, 1.82) is 0 Å². The predicted molar refractivity (Wildman–Crippen MR) is 129 cm³/mol. The topological polar surface area (TPSA) is 119 Å². The fourth-order valence-corrected chi connectivity index (χ4v) is 4.56. The lowest BCUT2D eigenvalue weighted by molar-refractivity contribution is -0.142. The Bertz CT molecular complexity index is 1210. The summed E-state index contributed by atoms with van der Waals surface area (Å²) < 4.78 is 9.33. The van der Waals surface area contributed by atoms with Gasteiger partial charge in [-0.05, 0) is 56.4 Å². The summed E-state index contributed by atoms with van der Waals surface area (Å²) in [5.41, 5.74) is 4.19. The third-order valence-corrected chi connectivity index (χ3v) is 6.49. The number of aliphatic carboxylic acids is 1. The largest absolute Gasteiger partial charge is 0.480 e. The second kappa shape index (κ2) is 10.1. The first-order valence-electron chi connectivity index (χ1n) is 11.6. The van der Waals surface area contributed by atoms with E-state index in [1.807, 2.05) is 37.4 Å². The third kappa shape index (κ3) is 5.06. The van der Waals surface area contributed by atoms with Crippen LogP contribution in [-0.4, -0.2) is 55.7 Å². The Balaban J connectivity index is 1.75. The molecule has 3 heterocycles. The normalized spacial score (nSPS) is 16.6. The highest BCUT2D eigenvalue weighted by atomic mass is 16.5. The number of aryl methyl sites for hydroxylation is 2. The van der Waals surface area contributed by atoms with Gasteiger partial charge in [-0.1, -0.05) is 6.07 Å². The van der Waals surface area contributed by atoms with Gasteiger partial charge in [0.05, 0.1) is 17.1 Å². The van der Waals surface area contributed by atoms with E-state index in [0.717, 1.165) is 60.6 Å². The number of carbonyl (C=O) groups is 1. The molecule has 0 amide bonds. The van der Waals surface area contributed by atoms with Gasteiger partial charge >= 0.3 is 5.97 Å². The van der Waals surface area contributed by atoms with Crippen LogP contribution >= 0.6 is 0 Å². The molecule has 3 aromatic rings. The van der Waals surface area contributed by atoms with Crippen LogP contribution in [0.4, 0.5) is 0 Å². The zero-order chi connectivity index (χ0) is 24.4. The Morgan fingerprint density at radius 1 is 1.29 bits per heavy atom. The van der Waals surface area contributed by atoms with Crippen molar-refractivity contribution in [3.8, 4) is 11.4 Å². The first kappa shape index (κ1) is 24.1. The van der Waals surface area contributed by atoms with Crippen molar-refractivity contribution < 1.29 is 19.7 Å². The van der Waals surface area contributed by atoms with E-state index in [-0.39, 0.29) is 5.56 Å². The number of nitrogens with one attached hydrogen (secondary N) is 1. The molecular weight excluding hydrogens is 436 g/mol. The zero-order valence-electron chi connectivity index (χ0n) is 19.8. The molecule has 9 heteroatoms. The fraction of sp³-hybridized carbons (Fsp3) is 0.480. The highest BCUT2D eigenvalue weighted by molar-refractivity contribution is 5.81. The molecule has 2 atom stereocenters. The van der Waals surface area contributed by atoms with E-state index in [9.17, 15) is 19.8 Å². The number of fused-ring (bicyclic) bond motifs is 1. The Morgan fingerprint density at radius 3 is 2.68 bits per heavy atom. The van der Waals surface area contributed by atoms with Crippen molar-refractivity contribution in [2.45, 2.75) is 51.9 Å². The fourth-order valence-electron chi connectivity index (χ4n) is 4.56. The summed E-state index contributed by atoms with van der Waals surface area (Å²) in [7, 11) is 1.75. The van der Waals surface area contributed by atoms with Crippen molar-refractivity contribution in [2.75, 3.05) is 13.2 Å². The molecule has 1 fully saturated rings. The van der Waals surface area contributed by atoms with E-state index in [4.69, 9.17) is 9.72 Å². The van der Waals surface area contributed by atoms with E-state index in [2.05, 4.69) is 9.88 Å². The van der Waals surface area contributed by atoms with E-state index in [1.165, 1.54) is 6.92 Å². The highest BCUT2D eigenvalue weighted by Gasteiger charge is 2.23. The summed E-state index contributed by atoms with van der Waals surface area (Å²) in [6, 6.07) is 6.70. The molecule has 0 spiro atoms. The molecule has 4 rings (SSSR count). The molecule has 0 radical (unpaired) electrons. The van der Waals surface area contributed by atoms with Gasteiger partial charge in [0.1, 0.15) is 11.9 Å². The molecular formula is C25H32N4O5. The second-order valence-electron chi connectivity index (χ2n) is 9.19. The van der Waals surface area contributed by atoms with E-state index in [0.29, 0.717) is 18.0 Å². The molecule has 3 N–H and O–H groups in total. The number of nitrogens with zero attached hydrogens (tertiary/aromatic N) is 3. The Morgan fingerprint density at radius 2 is 2.03 bits per heavy atom. The van der Waals surface area contributed by atoms with Gasteiger partial charge in [-0.3, -0.25) is 14.9 Å². The lowest BCUT2D eigenvalue weighted by Gasteiger charge is -2.24. The minimum Gasteiger partial charge on any atom is -0.480 e. The summed E-state index contributed by atoms with van der Waals surface area (Å²) in [6.07, 6.45) is 2.75. The summed E-state index contributed by atoms with van der Waals surface area (Å²) in [5.74, 6) is 0.164. The standard InChI is InChI=1S/C25H32N4O5/c1-15-10-19(14-28(3)24(15)31)23-27-20-5-4-18(12-26-22(16(2)30)25(32)33)11-21(20)29(23)13-17-6-8-34-9-7-17/h4-5,10-11,14,16-17,22,26,30H,6-9,12-13H2,1-3H3,(H,32,33). The Labute approximate surface area is 198 Å². The van der Waals surface area contributed by atoms with Crippen molar-refractivity contribution in [1.82, 2.24) is 19.4 Å². The molecule has 1 aliphatic rings. The first-order chi connectivity index (χ1) is 16.2. The maximum Gasteiger partial charge on any atom is 0.323 e. The Hall–Kier alpha value is -3.01. The van der Waals surface area contributed by atoms with Crippen LogP contribution in [0.1, 0.15) is 30.9 Å². The summed E-state index contributed by atoms with van der Waals surface area (Å²) in [6.45, 7) is 5.84. The van der Waals surface area contributed by atoms with Crippen molar-refractivity contribution in [3.05, 3.63) is 51.9 Å². The van der Waals surface area contributed by atoms with Gasteiger partial charge < -0.3 is 24.1 Å². The summed E-state index contributed by atoms with van der Waals surface area (Å²) in [4.78, 5) is 28.6. The van der Waals surface area contributed by atoms with Crippen LogP contribution in [0.15, 0.2) is 35.3 Å². The smallest absolute Gasteiger partial charge is 0.323 e. The molecule has 9 nitrogen and oxygen atoms in total. The number of aliphatic hydroxyl groups excluding tert-OH is 1. The van der Waals surface area contributed by atoms with Crippen LogP contribution in [-0.2, 0) is 29.7 Å². The monoisotopic (exact) mass is 468 g/mol. The average Bonchev–Trinajstić information content (AvgIpc) is 3.15. The van der Waals surface area contributed by atoms with Crippen LogP contribution in [0, 0.1) is 12.8 Å². The molecule has 2 aromatic heterocycles. The maximum absolute atomic E-state index is 12.2. The molecule has 1 aliphatic heterocycles. The number of aromatic nitrogens is 3. The van der Waals surface area contributed by atoms with Gasteiger partial charge in [0.25, 0.3) is 5.56 Å². The quantitative estimate of drug-likeness (QED) is 0.463. The van der Waals surface area contributed by atoms with Crippen LogP contribution in [0.5, 0.6) is 0 Å². The van der Waals surface area contributed by atoms with Gasteiger partial charge in [-0.15, -0.1) is 0 Å². The SMILES string of the molecule is Cc1cc(-c2nc3ccc(CNC(C(=O)O)C(C)O)cc3n2CC2CCOCC2)cn(C)c1=O. The van der Waals surface area contributed by atoms with E-state index in [1.54, 1.807) is 11.6 Å². The van der Waals surface area contributed by atoms with E-state index >= 15 is 0 Å². The molecule has 34 heavy (non-hydrogen) atoms. The van der Waals surface area contributed by atoms with Gasteiger partial charge in [0, 0.05) is 50.7 Å². The molecule has 1 saturated heterocycles. The highest BCUT2D eigenvalue weighted by Crippen LogP contribution is 2.29. The average molecular weight is 469 g/mol. The first-order valence-corrected chi connectivity index (χ1v) is 11.6. The molecule has 2 unspecified atom stereocenters. The van der Waals surface area contributed by atoms with Crippen LogP contribution < -0.4 is 10.9 Å². The van der Waals surface area contributed by atoms with Gasteiger partial charge in [-0.2, -0.15) is 0 Å². The maximum atomic E-state index is 12.2. The predicted octanol–water partition coefficient (Wildman–Crippen LogP) is 2.06. The van der Waals surface area contributed by atoms with Gasteiger partial charge in [0.15, 0.2) is 0 Å².